The number of ether oxygens (including phenoxy) is 1. The van der Waals surface area contributed by atoms with Gasteiger partial charge in [-0.1, -0.05) is 43.7 Å². The zero-order valence-corrected chi connectivity index (χ0v) is 11.3. The fourth-order valence-corrected chi connectivity index (χ4v) is 1.44. The highest BCUT2D eigenvalue weighted by Gasteiger charge is 2.12. The predicted molar refractivity (Wildman–Crippen MR) is 74.1 cm³/mol. The van der Waals surface area contributed by atoms with Gasteiger partial charge in [0.25, 0.3) is 0 Å². The molecule has 0 bridgehead atoms. The molecule has 0 atom stereocenters. The van der Waals surface area contributed by atoms with E-state index >= 15 is 0 Å². The van der Waals surface area contributed by atoms with Gasteiger partial charge in [-0.05, 0) is 18.1 Å². The normalized spacial score (nSPS) is 10.9. The number of amides is 1. The number of carbonyl (C=O) groups excluding carboxylic acids is 2. The van der Waals surface area contributed by atoms with Gasteiger partial charge < -0.3 is 10.1 Å². The lowest BCUT2D eigenvalue weighted by Gasteiger charge is -2.08. The Morgan fingerprint density at radius 1 is 1.26 bits per heavy atom. The molecule has 0 aromatic heterocycles. The highest BCUT2D eigenvalue weighted by molar-refractivity contribution is 5.97. The highest BCUT2D eigenvalue weighted by atomic mass is 16.5. The third-order valence-corrected chi connectivity index (χ3v) is 2.37. The molecule has 4 heteroatoms. The molecule has 0 saturated carbocycles. The van der Waals surface area contributed by atoms with Crippen LogP contribution in [0.4, 0.5) is 0 Å². The van der Waals surface area contributed by atoms with Crippen molar-refractivity contribution in [2.75, 3.05) is 6.61 Å². The maximum absolute atomic E-state index is 11.9. The van der Waals surface area contributed by atoms with E-state index in [9.17, 15) is 9.59 Å². The van der Waals surface area contributed by atoms with E-state index in [1.54, 1.807) is 6.08 Å². The van der Waals surface area contributed by atoms with Gasteiger partial charge in [0, 0.05) is 6.92 Å². The van der Waals surface area contributed by atoms with Crippen LogP contribution < -0.4 is 5.32 Å². The topological polar surface area (TPSA) is 55.4 Å². The Kier molecular flexibility index (Phi) is 6.36. The summed E-state index contributed by atoms with van der Waals surface area (Å²) in [5, 5.41) is 2.50. The SMILES string of the molecule is CCCCOC(=O)/C(=C/c1ccccc1)NC(C)=O. The molecule has 0 spiro atoms. The third kappa shape index (κ3) is 5.86. The molecule has 1 aromatic rings. The lowest BCUT2D eigenvalue weighted by atomic mass is 10.2. The van der Waals surface area contributed by atoms with Gasteiger partial charge >= 0.3 is 5.97 Å². The largest absolute Gasteiger partial charge is 0.461 e. The second-order valence-corrected chi connectivity index (χ2v) is 4.14. The number of carbonyl (C=O) groups is 2. The summed E-state index contributed by atoms with van der Waals surface area (Å²) < 4.78 is 5.10. The summed E-state index contributed by atoms with van der Waals surface area (Å²) in [5.41, 5.74) is 0.994. The Bertz CT molecular complexity index is 452. The third-order valence-electron chi connectivity index (χ3n) is 2.37. The van der Waals surface area contributed by atoms with Gasteiger partial charge in [0.15, 0.2) is 0 Å². The van der Waals surface area contributed by atoms with E-state index in [0.717, 1.165) is 18.4 Å². The Balaban J connectivity index is 2.79. The molecule has 1 aromatic carbocycles. The number of nitrogens with one attached hydrogen (secondary N) is 1. The molecule has 1 amide bonds. The van der Waals surface area contributed by atoms with E-state index in [4.69, 9.17) is 4.74 Å². The summed E-state index contributed by atoms with van der Waals surface area (Å²) in [6.45, 7) is 3.74. The minimum atomic E-state index is -0.507. The van der Waals surface area contributed by atoms with Gasteiger partial charge in [-0.3, -0.25) is 4.79 Å². The van der Waals surface area contributed by atoms with Crippen LogP contribution in [0.15, 0.2) is 36.0 Å². The molecule has 0 saturated heterocycles. The minimum absolute atomic E-state index is 0.162. The number of rotatable bonds is 6. The van der Waals surface area contributed by atoms with Crippen LogP contribution in [-0.4, -0.2) is 18.5 Å². The minimum Gasteiger partial charge on any atom is -0.461 e. The number of esters is 1. The van der Waals surface area contributed by atoms with Crippen LogP contribution in [0.5, 0.6) is 0 Å². The van der Waals surface area contributed by atoms with E-state index in [0.29, 0.717) is 6.61 Å². The Labute approximate surface area is 113 Å². The van der Waals surface area contributed by atoms with Crippen LogP contribution in [-0.2, 0) is 14.3 Å². The van der Waals surface area contributed by atoms with Crippen LogP contribution in [0.3, 0.4) is 0 Å². The van der Waals surface area contributed by atoms with Crippen molar-refractivity contribution in [3.05, 3.63) is 41.6 Å². The predicted octanol–water partition coefficient (Wildman–Crippen LogP) is 2.51. The van der Waals surface area contributed by atoms with Crippen LogP contribution in [0.1, 0.15) is 32.3 Å². The highest BCUT2D eigenvalue weighted by Crippen LogP contribution is 2.06. The lowest BCUT2D eigenvalue weighted by molar-refractivity contribution is -0.140. The molecule has 1 N–H and O–H groups in total. The molecular weight excluding hydrogens is 242 g/mol. The van der Waals surface area contributed by atoms with Crippen molar-refractivity contribution in [1.29, 1.82) is 0 Å². The van der Waals surface area contributed by atoms with Gasteiger partial charge in [0.05, 0.1) is 6.61 Å². The van der Waals surface area contributed by atoms with Gasteiger partial charge in [-0.25, -0.2) is 4.79 Å². The molecule has 0 aliphatic heterocycles. The molecule has 19 heavy (non-hydrogen) atoms. The standard InChI is InChI=1S/C15H19NO3/c1-3-4-10-19-15(18)14(16-12(2)17)11-13-8-6-5-7-9-13/h5-9,11H,3-4,10H2,1-2H3,(H,16,17)/b14-11-. The van der Waals surface area contributed by atoms with E-state index in [1.807, 2.05) is 37.3 Å². The first-order chi connectivity index (χ1) is 9.13. The lowest BCUT2D eigenvalue weighted by Crippen LogP contribution is -2.26. The Morgan fingerprint density at radius 2 is 1.95 bits per heavy atom. The Morgan fingerprint density at radius 3 is 2.53 bits per heavy atom. The summed E-state index contributed by atoms with van der Waals surface area (Å²) in [5.74, 6) is -0.804. The van der Waals surface area contributed by atoms with Crippen molar-refractivity contribution in [3.8, 4) is 0 Å². The first kappa shape index (κ1) is 15.0. The molecule has 0 radical (unpaired) electrons. The number of unbranched alkanes of at least 4 members (excludes halogenated alkanes) is 1. The average Bonchev–Trinajstić information content (AvgIpc) is 2.39. The molecule has 0 fully saturated rings. The molecule has 0 aliphatic rings. The summed E-state index contributed by atoms with van der Waals surface area (Å²) >= 11 is 0. The van der Waals surface area contributed by atoms with E-state index in [1.165, 1.54) is 6.92 Å². The zero-order valence-electron chi connectivity index (χ0n) is 11.3. The molecule has 102 valence electrons. The van der Waals surface area contributed by atoms with Crippen molar-refractivity contribution in [2.45, 2.75) is 26.7 Å². The summed E-state index contributed by atoms with van der Waals surface area (Å²) in [7, 11) is 0. The number of benzene rings is 1. The summed E-state index contributed by atoms with van der Waals surface area (Å²) in [6.07, 6.45) is 3.37. The van der Waals surface area contributed by atoms with E-state index < -0.39 is 5.97 Å². The zero-order chi connectivity index (χ0) is 14.1. The van der Waals surface area contributed by atoms with Crippen molar-refractivity contribution in [2.24, 2.45) is 0 Å². The second kappa shape index (κ2) is 8.08. The van der Waals surface area contributed by atoms with Gasteiger partial charge in [0.1, 0.15) is 5.70 Å². The molecule has 0 unspecified atom stereocenters. The molecule has 1 rings (SSSR count). The van der Waals surface area contributed by atoms with Gasteiger partial charge in [-0.15, -0.1) is 0 Å². The van der Waals surface area contributed by atoms with Crippen LogP contribution in [0, 0.1) is 0 Å². The Hall–Kier alpha value is -2.10. The van der Waals surface area contributed by atoms with Crippen LogP contribution in [0.2, 0.25) is 0 Å². The van der Waals surface area contributed by atoms with E-state index in [2.05, 4.69) is 5.32 Å². The van der Waals surface area contributed by atoms with E-state index in [-0.39, 0.29) is 11.6 Å². The monoisotopic (exact) mass is 261 g/mol. The smallest absolute Gasteiger partial charge is 0.354 e. The first-order valence-corrected chi connectivity index (χ1v) is 6.35. The molecule has 0 heterocycles. The number of hydrogen-bond donors (Lipinski definition) is 1. The van der Waals surface area contributed by atoms with Gasteiger partial charge in [0.2, 0.25) is 5.91 Å². The number of hydrogen-bond acceptors (Lipinski definition) is 3. The maximum Gasteiger partial charge on any atom is 0.354 e. The summed E-state index contributed by atoms with van der Waals surface area (Å²) in [6, 6.07) is 9.30. The fourth-order valence-electron chi connectivity index (χ4n) is 1.44. The van der Waals surface area contributed by atoms with Crippen molar-refractivity contribution in [3.63, 3.8) is 0 Å². The van der Waals surface area contributed by atoms with Crippen LogP contribution in [0.25, 0.3) is 6.08 Å². The summed E-state index contributed by atoms with van der Waals surface area (Å²) in [4.78, 5) is 23.0. The second-order valence-electron chi connectivity index (χ2n) is 4.14. The first-order valence-electron chi connectivity index (χ1n) is 6.35. The molecule has 0 aliphatic carbocycles. The van der Waals surface area contributed by atoms with Crippen LogP contribution >= 0.6 is 0 Å². The maximum atomic E-state index is 11.9. The van der Waals surface area contributed by atoms with Crippen molar-refractivity contribution < 1.29 is 14.3 Å². The quantitative estimate of drug-likeness (QED) is 0.486. The fraction of sp³-hybridized carbons (Fsp3) is 0.333. The van der Waals surface area contributed by atoms with Gasteiger partial charge in [-0.2, -0.15) is 0 Å². The molecule has 4 nitrogen and oxygen atoms in total. The van der Waals surface area contributed by atoms with Crippen molar-refractivity contribution >= 4 is 18.0 Å². The van der Waals surface area contributed by atoms with Crippen molar-refractivity contribution in [1.82, 2.24) is 5.32 Å². The average molecular weight is 261 g/mol. The molecular formula is C15H19NO3.